The summed E-state index contributed by atoms with van der Waals surface area (Å²) >= 11 is 1.65. The minimum Gasteiger partial charge on any atom is -0.373 e. The Morgan fingerprint density at radius 2 is 1.95 bits per heavy atom. The predicted octanol–water partition coefficient (Wildman–Crippen LogP) is 4.16. The molecule has 1 N–H and O–H groups in total. The van der Waals surface area contributed by atoms with Crippen molar-refractivity contribution in [1.29, 1.82) is 0 Å². The van der Waals surface area contributed by atoms with Crippen LogP contribution in [0, 0.1) is 19.7 Å². The highest BCUT2D eigenvalue weighted by atomic mass is 32.1. The van der Waals surface area contributed by atoms with E-state index in [-0.39, 0.29) is 5.82 Å². The number of fused-ring (bicyclic) bond motifs is 1. The van der Waals surface area contributed by atoms with E-state index in [1.54, 1.807) is 24.5 Å². The molecule has 0 amide bonds. The van der Waals surface area contributed by atoms with Gasteiger partial charge in [-0.25, -0.2) is 14.4 Å². The van der Waals surface area contributed by atoms with Crippen LogP contribution in [0.1, 0.15) is 10.4 Å². The molecule has 0 spiro atoms. The van der Waals surface area contributed by atoms with Crippen molar-refractivity contribution in [2.45, 2.75) is 13.8 Å². The summed E-state index contributed by atoms with van der Waals surface area (Å²) < 4.78 is 13.4. The van der Waals surface area contributed by atoms with Crippen LogP contribution < -0.4 is 5.32 Å². The molecule has 0 saturated carbocycles. The molecule has 5 heteroatoms. The van der Waals surface area contributed by atoms with Crippen LogP contribution >= 0.6 is 11.3 Å². The largest absolute Gasteiger partial charge is 0.373 e. The molecule has 0 bridgehead atoms. The van der Waals surface area contributed by atoms with Gasteiger partial charge in [-0.2, -0.15) is 0 Å². The third-order valence-electron chi connectivity index (χ3n) is 3.28. The van der Waals surface area contributed by atoms with E-state index in [0.717, 1.165) is 10.3 Å². The number of hydrogen-bond donors (Lipinski definition) is 1. The molecule has 0 radical (unpaired) electrons. The monoisotopic (exact) mass is 287 g/mol. The second-order valence-corrected chi connectivity index (χ2v) is 5.91. The van der Waals surface area contributed by atoms with Gasteiger partial charge in [0.25, 0.3) is 0 Å². The van der Waals surface area contributed by atoms with Gasteiger partial charge < -0.3 is 5.32 Å². The van der Waals surface area contributed by atoms with E-state index in [4.69, 9.17) is 0 Å². The second kappa shape index (κ2) is 4.83. The molecule has 20 heavy (non-hydrogen) atoms. The van der Waals surface area contributed by atoms with Crippen LogP contribution in [0.5, 0.6) is 0 Å². The Bertz CT molecular complexity index is 776. The minimum absolute atomic E-state index is 0.289. The zero-order chi connectivity index (χ0) is 14.3. The average molecular weight is 287 g/mol. The quantitative estimate of drug-likeness (QED) is 0.769. The van der Waals surface area contributed by atoms with Gasteiger partial charge in [-0.15, -0.1) is 11.3 Å². The van der Waals surface area contributed by atoms with Crippen molar-refractivity contribution >= 4 is 28.1 Å². The molecule has 0 atom stereocenters. The molecule has 3 rings (SSSR count). The fraction of sp³-hybridized carbons (Fsp3) is 0.200. The third kappa shape index (κ3) is 2.14. The minimum atomic E-state index is -0.289. The number of nitrogens with zero attached hydrogens (tertiary/aromatic N) is 2. The summed E-state index contributed by atoms with van der Waals surface area (Å²) in [5, 5.41) is 3.87. The number of nitrogens with one attached hydrogen (secondary N) is 1. The van der Waals surface area contributed by atoms with Gasteiger partial charge in [0.2, 0.25) is 0 Å². The van der Waals surface area contributed by atoms with Crippen molar-refractivity contribution in [2.75, 3.05) is 12.4 Å². The first-order valence-corrected chi connectivity index (χ1v) is 7.12. The van der Waals surface area contributed by atoms with E-state index < -0.39 is 0 Å². The highest BCUT2D eigenvalue weighted by Gasteiger charge is 2.12. The zero-order valence-corrected chi connectivity index (χ0v) is 12.3. The lowest BCUT2D eigenvalue weighted by Crippen LogP contribution is -1.98. The highest BCUT2D eigenvalue weighted by Crippen LogP contribution is 2.31. The summed E-state index contributed by atoms with van der Waals surface area (Å²) in [4.78, 5) is 11.3. The maximum atomic E-state index is 13.4. The van der Waals surface area contributed by atoms with Gasteiger partial charge >= 0.3 is 0 Å². The molecule has 0 saturated heterocycles. The Kier molecular flexibility index (Phi) is 3.14. The summed E-state index contributed by atoms with van der Waals surface area (Å²) in [5.41, 5.74) is 1.84. The van der Waals surface area contributed by atoms with Crippen molar-refractivity contribution < 1.29 is 4.39 Å². The Morgan fingerprint density at radius 3 is 2.60 bits per heavy atom. The maximum Gasteiger partial charge on any atom is 0.172 e. The van der Waals surface area contributed by atoms with Gasteiger partial charge in [0, 0.05) is 23.4 Å². The second-order valence-electron chi connectivity index (χ2n) is 4.66. The zero-order valence-electron chi connectivity index (χ0n) is 11.5. The maximum absolute atomic E-state index is 13.4. The Balaban J connectivity index is 2.26. The number of rotatable bonds is 2. The van der Waals surface area contributed by atoms with Crippen LogP contribution in [0.4, 0.5) is 10.2 Å². The summed E-state index contributed by atoms with van der Waals surface area (Å²) in [6.45, 7) is 4.14. The molecule has 2 aromatic heterocycles. The van der Waals surface area contributed by atoms with E-state index in [1.807, 2.05) is 0 Å². The number of hydrogen-bond acceptors (Lipinski definition) is 4. The first-order chi connectivity index (χ1) is 9.58. The van der Waals surface area contributed by atoms with Crippen molar-refractivity contribution in [2.24, 2.45) is 0 Å². The van der Waals surface area contributed by atoms with Gasteiger partial charge in [0.15, 0.2) is 5.82 Å². The van der Waals surface area contributed by atoms with E-state index in [0.29, 0.717) is 17.2 Å². The molecule has 0 aliphatic carbocycles. The first kappa shape index (κ1) is 13.0. The van der Waals surface area contributed by atoms with Gasteiger partial charge in [-0.3, -0.25) is 0 Å². The van der Waals surface area contributed by atoms with Crippen LogP contribution in [0.2, 0.25) is 0 Å². The molecule has 0 aliphatic heterocycles. The van der Waals surface area contributed by atoms with Crippen molar-refractivity contribution in [3.05, 3.63) is 40.5 Å². The smallest absolute Gasteiger partial charge is 0.172 e. The summed E-state index contributed by atoms with van der Waals surface area (Å²) in [7, 11) is 1.81. The van der Waals surface area contributed by atoms with Crippen LogP contribution in [0.25, 0.3) is 21.6 Å². The lowest BCUT2D eigenvalue weighted by molar-refractivity contribution is 0.629. The topological polar surface area (TPSA) is 37.8 Å². The fourth-order valence-corrected chi connectivity index (χ4v) is 3.05. The van der Waals surface area contributed by atoms with Gasteiger partial charge in [0.1, 0.15) is 11.6 Å². The normalized spacial score (nSPS) is 11.0. The molecule has 0 aliphatic rings. The number of aryl methyl sites for hydroxylation is 2. The van der Waals surface area contributed by atoms with Crippen LogP contribution in [-0.4, -0.2) is 17.0 Å². The number of halogens is 1. The molecule has 3 nitrogen and oxygen atoms in total. The molecule has 0 fully saturated rings. The van der Waals surface area contributed by atoms with Crippen LogP contribution in [0.15, 0.2) is 24.3 Å². The van der Waals surface area contributed by atoms with E-state index in [9.17, 15) is 4.39 Å². The molecule has 102 valence electrons. The molecular formula is C15H14FN3S. The van der Waals surface area contributed by atoms with Crippen molar-refractivity contribution in [1.82, 2.24) is 9.97 Å². The van der Waals surface area contributed by atoms with Gasteiger partial charge in [0.05, 0.1) is 10.4 Å². The van der Waals surface area contributed by atoms with E-state index >= 15 is 0 Å². The third-order valence-corrected chi connectivity index (χ3v) is 4.43. The fourth-order valence-electron chi connectivity index (χ4n) is 2.09. The predicted molar refractivity (Wildman–Crippen MR) is 81.8 cm³/mol. The molecule has 2 heterocycles. The average Bonchev–Trinajstić information content (AvgIpc) is 2.77. The first-order valence-electron chi connectivity index (χ1n) is 6.31. The summed E-state index contributed by atoms with van der Waals surface area (Å²) in [5.74, 6) is 1.06. The Morgan fingerprint density at radius 1 is 1.15 bits per heavy atom. The SMILES string of the molecule is CNc1nc(-c2cc(C)c(C)s2)nc2cc(F)ccc12. The van der Waals surface area contributed by atoms with Gasteiger partial charge in [-0.1, -0.05) is 0 Å². The van der Waals surface area contributed by atoms with E-state index in [2.05, 4.69) is 35.2 Å². The molecule has 3 aromatic rings. The number of benzene rings is 1. The van der Waals surface area contributed by atoms with Crippen molar-refractivity contribution in [3.8, 4) is 10.7 Å². The highest BCUT2D eigenvalue weighted by molar-refractivity contribution is 7.15. The lowest BCUT2D eigenvalue weighted by Gasteiger charge is -2.07. The lowest BCUT2D eigenvalue weighted by atomic mass is 10.2. The van der Waals surface area contributed by atoms with Crippen LogP contribution in [0.3, 0.4) is 0 Å². The van der Waals surface area contributed by atoms with E-state index in [1.165, 1.54) is 22.6 Å². The Labute approximate surface area is 120 Å². The summed E-state index contributed by atoms with van der Waals surface area (Å²) in [6.07, 6.45) is 0. The number of thiophene rings is 1. The Hall–Kier alpha value is -2.01. The molecular weight excluding hydrogens is 273 g/mol. The van der Waals surface area contributed by atoms with Crippen molar-refractivity contribution in [3.63, 3.8) is 0 Å². The summed E-state index contributed by atoms with van der Waals surface area (Å²) in [6, 6.07) is 6.63. The molecule has 0 unspecified atom stereocenters. The standard InChI is InChI=1S/C15H14FN3S/c1-8-6-13(20-9(8)2)15-18-12-7-10(16)4-5-11(12)14(17-3)19-15/h4-7H,1-3H3,(H,17,18,19). The molecule has 1 aromatic carbocycles. The number of aromatic nitrogens is 2. The number of anilines is 1. The van der Waals surface area contributed by atoms with Crippen LogP contribution in [-0.2, 0) is 0 Å². The van der Waals surface area contributed by atoms with Gasteiger partial charge in [-0.05, 0) is 37.6 Å².